The molecule has 0 spiro atoms. The third-order valence-corrected chi connectivity index (χ3v) is 2.76. The number of halogens is 1. The van der Waals surface area contributed by atoms with Crippen LogP contribution in [-0.2, 0) is 5.41 Å². The van der Waals surface area contributed by atoms with Crippen molar-refractivity contribution in [2.75, 3.05) is 6.61 Å². The summed E-state index contributed by atoms with van der Waals surface area (Å²) < 4.78 is 0.418. The Kier molecular flexibility index (Phi) is 2.47. The maximum Gasteiger partial charge on any atom is 0.207 e. The number of aromatic nitrogens is 2. The van der Waals surface area contributed by atoms with Crippen molar-refractivity contribution in [2.24, 2.45) is 0 Å². The van der Waals surface area contributed by atoms with Crippen LogP contribution in [0.4, 0.5) is 0 Å². The highest BCUT2D eigenvalue weighted by molar-refractivity contribution is 7.15. The summed E-state index contributed by atoms with van der Waals surface area (Å²) in [4.78, 5) is 0. The number of aliphatic hydroxyl groups is 1. The molecule has 5 heteroatoms. The average molecular weight is 193 g/mol. The van der Waals surface area contributed by atoms with E-state index in [9.17, 15) is 0 Å². The van der Waals surface area contributed by atoms with Gasteiger partial charge in [0.25, 0.3) is 0 Å². The smallest absolute Gasteiger partial charge is 0.207 e. The number of rotatable bonds is 2. The summed E-state index contributed by atoms with van der Waals surface area (Å²) in [5, 5.41) is 17.2. The fourth-order valence-electron chi connectivity index (χ4n) is 0.546. The van der Waals surface area contributed by atoms with Crippen LogP contribution in [0.2, 0.25) is 4.47 Å². The summed E-state index contributed by atoms with van der Waals surface area (Å²) in [5.74, 6) is 0. The first kappa shape index (κ1) is 8.90. The number of hydrogen-bond donors (Lipinski definition) is 1. The van der Waals surface area contributed by atoms with Gasteiger partial charge in [-0.15, -0.1) is 10.2 Å². The topological polar surface area (TPSA) is 46.0 Å². The van der Waals surface area contributed by atoms with E-state index in [1.807, 2.05) is 13.8 Å². The standard InChI is InChI=1S/C6H9ClN2OS/c1-6(2,3-10)4-8-9-5(7)11-4/h10H,3H2,1-2H3. The molecule has 0 aliphatic heterocycles. The Balaban J connectivity index is 2.92. The molecule has 11 heavy (non-hydrogen) atoms. The van der Waals surface area contributed by atoms with E-state index in [0.29, 0.717) is 4.47 Å². The van der Waals surface area contributed by atoms with Crippen LogP contribution < -0.4 is 0 Å². The van der Waals surface area contributed by atoms with Gasteiger partial charge in [0.05, 0.1) is 6.61 Å². The number of hydrogen-bond acceptors (Lipinski definition) is 4. The van der Waals surface area contributed by atoms with Crippen LogP contribution in [0.5, 0.6) is 0 Å². The lowest BCUT2D eigenvalue weighted by Crippen LogP contribution is -2.21. The van der Waals surface area contributed by atoms with E-state index in [0.717, 1.165) is 5.01 Å². The molecule has 0 saturated carbocycles. The van der Waals surface area contributed by atoms with Gasteiger partial charge < -0.3 is 5.11 Å². The van der Waals surface area contributed by atoms with Gasteiger partial charge in [0, 0.05) is 5.41 Å². The Morgan fingerprint density at radius 2 is 2.18 bits per heavy atom. The molecule has 0 aliphatic carbocycles. The van der Waals surface area contributed by atoms with Crippen LogP contribution in [-0.4, -0.2) is 21.9 Å². The van der Waals surface area contributed by atoms with Crippen LogP contribution in [0.15, 0.2) is 0 Å². The van der Waals surface area contributed by atoms with Crippen molar-refractivity contribution < 1.29 is 5.11 Å². The third-order valence-electron chi connectivity index (χ3n) is 1.37. The molecule has 1 aromatic heterocycles. The summed E-state index contributed by atoms with van der Waals surface area (Å²) in [6.45, 7) is 3.84. The zero-order chi connectivity index (χ0) is 8.48. The summed E-state index contributed by atoms with van der Waals surface area (Å²) in [7, 11) is 0. The van der Waals surface area contributed by atoms with Gasteiger partial charge in [-0.25, -0.2) is 0 Å². The Morgan fingerprint density at radius 1 is 1.55 bits per heavy atom. The van der Waals surface area contributed by atoms with Crippen LogP contribution in [0.3, 0.4) is 0 Å². The zero-order valence-corrected chi connectivity index (χ0v) is 7.91. The van der Waals surface area contributed by atoms with Gasteiger partial charge >= 0.3 is 0 Å². The lowest BCUT2D eigenvalue weighted by Gasteiger charge is -2.16. The number of nitrogens with zero attached hydrogens (tertiary/aromatic N) is 2. The Labute approximate surface area is 74.0 Å². The van der Waals surface area contributed by atoms with Crippen molar-refractivity contribution in [1.82, 2.24) is 10.2 Å². The van der Waals surface area contributed by atoms with Gasteiger partial charge in [-0.3, -0.25) is 0 Å². The van der Waals surface area contributed by atoms with Gasteiger partial charge in [0.2, 0.25) is 4.47 Å². The predicted molar refractivity (Wildman–Crippen MR) is 45.0 cm³/mol. The van der Waals surface area contributed by atoms with Gasteiger partial charge in [-0.2, -0.15) is 0 Å². The monoisotopic (exact) mass is 192 g/mol. The average Bonchev–Trinajstić information content (AvgIpc) is 2.36. The molecule has 1 rings (SSSR count). The molecule has 0 radical (unpaired) electrons. The van der Waals surface area contributed by atoms with E-state index >= 15 is 0 Å². The van der Waals surface area contributed by atoms with Crippen LogP contribution >= 0.6 is 22.9 Å². The van der Waals surface area contributed by atoms with Gasteiger partial charge in [0.1, 0.15) is 5.01 Å². The maximum atomic E-state index is 8.95. The SMILES string of the molecule is CC(C)(CO)c1nnc(Cl)s1. The van der Waals surface area contributed by atoms with E-state index in [4.69, 9.17) is 16.7 Å². The second kappa shape index (κ2) is 3.05. The Bertz CT molecular complexity index is 248. The summed E-state index contributed by atoms with van der Waals surface area (Å²) in [5.41, 5.74) is -0.329. The molecule has 1 aromatic rings. The van der Waals surface area contributed by atoms with Crippen LogP contribution in [0.1, 0.15) is 18.9 Å². The normalized spacial score (nSPS) is 12.0. The van der Waals surface area contributed by atoms with Crippen molar-refractivity contribution in [2.45, 2.75) is 19.3 Å². The highest BCUT2D eigenvalue weighted by atomic mass is 35.5. The molecule has 0 amide bonds. The van der Waals surface area contributed by atoms with E-state index in [2.05, 4.69) is 10.2 Å². The maximum absolute atomic E-state index is 8.95. The molecule has 62 valence electrons. The second-order valence-corrected chi connectivity index (χ2v) is 4.46. The van der Waals surface area contributed by atoms with Crippen molar-refractivity contribution in [3.05, 3.63) is 9.47 Å². The summed E-state index contributed by atoms with van der Waals surface area (Å²) in [6.07, 6.45) is 0. The van der Waals surface area contributed by atoms with Crippen molar-refractivity contribution in [3.63, 3.8) is 0 Å². The first-order valence-corrected chi connectivity index (χ1v) is 4.36. The molecule has 0 saturated heterocycles. The van der Waals surface area contributed by atoms with Gasteiger partial charge in [-0.05, 0) is 11.6 Å². The first-order chi connectivity index (χ1) is 5.06. The quantitative estimate of drug-likeness (QED) is 0.772. The van der Waals surface area contributed by atoms with E-state index in [1.165, 1.54) is 11.3 Å². The molecular weight excluding hydrogens is 184 g/mol. The Hall–Kier alpha value is -0.190. The van der Waals surface area contributed by atoms with Crippen molar-refractivity contribution in [3.8, 4) is 0 Å². The molecular formula is C6H9ClN2OS. The van der Waals surface area contributed by atoms with Gasteiger partial charge in [0.15, 0.2) is 0 Å². The second-order valence-electron chi connectivity index (χ2n) is 2.90. The lowest BCUT2D eigenvalue weighted by atomic mass is 9.96. The summed E-state index contributed by atoms with van der Waals surface area (Å²) >= 11 is 6.89. The minimum atomic E-state index is -0.329. The summed E-state index contributed by atoms with van der Waals surface area (Å²) in [6, 6.07) is 0. The van der Waals surface area contributed by atoms with E-state index in [-0.39, 0.29) is 12.0 Å². The molecule has 0 aliphatic rings. The fraction of sp³-hybridized carbons (Fsp3) is 0.667. The third kappa shape index (κ3) is 1.89. The first-order valence-electron chi connectivity index (χ1n) is 3.16. The Morgan fingerprint density at radius 3 is 2.55 bits per heavy atom. The van der Waals surface area contributed by atoms with Crippen LogP contribution in [0.25, 0.3) is 0 Å². The zero-order valence-electron chi connectivity index (χ0n) is 6.33. The fourth-order valence-corrected chi connectivity index (χ4v) is 1.47. The predicted octanol–water partition coefficient (Wildman–Crippen LogP) is 1.46. The van der Waals surface area contributed by atoms with E-state index < -0.39 is 0 Å². The molecule has 3 nitrogen and oxygen atoms in total. The molecule has 0 fully saturated rings. The minimum Gasteiger partial charge on any atom is -0.395 e. The molecule has 1 heterocycles. The van der Waals surface area contributed by atoms with Crippen LogP contribution in [0, 0.1) is 0 Å². The highest BCUT2D eigenvalue weighted by Crippen LogP contribution is 2.27. The number of aliphatic hydroxyl groups excluding tert-OH is 1. The molecule has 0 unspecified atom stereocenters. The minimum absolute atomic E-state index is 0.0541. The highest BCUT2D eigenvalue weighted by Gasteiger charge is 2.23. The van der Waals surface area contributed by atoms with Crippen molar-refractivity contribution in [1.29, 1.82) is 0 Å². The molecule has 1 N–H and O–H groups in total. The lowest BCUT2D eigenvalue weighted by molar-refractivity contribution is 0.217. The molecule has 0 aromatic carbocycles. The molecule has 0 atom stereocenters. The van der Waals surface area contributed by atoms with E-state index in [1.54, 1.807) is 0 Å². The van der Waals surface area contributed by atoms with Gasteiger partial charge in [-0.1, -0.05) is 25.2 Å². The molecule has 0 bridgehead atoms. The van der Waals surface area contributed by atoms with Crippen molar-refractivity contribution >= 4 is 22.9 Å². The largest absolute Gasteiger partial charge is 0.395 e.